The van der Waals surface area contributed by atoms with E-state index < -0.39 is 90.4 Å². The fourth-order valence-corrected chi connectivity index (χ4v) is 6.93. The van der Waals surface area contributed by atoms with E-state index in [0.717, 1.165) is 47.4 Å². The maximum atomic E-state index is 14.4. The Kier molecular flexibility index (Phi) is 10.8. The molecule has 0 saturated carbocycles. The zero-order valence-electron chi connectivity index (χ0n) is 29.1. The van der Waals surface area contributed by atoms with Gasteiger partial charge in [-0.2, -0.15) is 9.97 Å². The monoisotopic (exact) mass is 822 g/mol. The first-order valence-corrected chi connectivity index (χ1v) is 17.2. The van der Waals surface area contributed by atoms with Crippen molar-refractivity contribution in [2.24, 2.45) is 0 Å². The lowest BCUT2D eigenvalue weighted by Gasteiger charge is -2.21. The summed E-state index contributed by atoms with van der Waals surface area (Å²) in [4.78, 5) is 15.5. The van der Waals surface area contributed by atoms with Crippen LogP contribution in [0.2, 0.25) is 5.02 Å². The Morgan fingerprint density at radius 1 is 0.667 bits per heavy atom. The number of fused-ring (bicyclic) bond motifs is 2. The van der Waals surface area contributed by atoms with Crippen LogP contribution in [-0.2, 0) is 9.47 Å². The highest BCUT2D eigenvalue weighted by Crippen LogP contribution is 2.40. The number of aliphatic hydroxyl groups excluding tert-OH is 6. The molecule has 0 amide bonds. The van der Waals surface area contributed by atoms with Gasteiger partial charge in [0.25, 0.3) is 0 Å². The van der Waals surface area contributed by atoms with Crippen LogP contribution in [0.3, 0.4) is 0 Å². The van der Waals surface area contributed by atoms with E-state index in [2.05, 4.69) is 19.9 Å². The molecule has 2 saturated heterocycles. The Morgan fingerprint density at radius 3 is 1.77 bits per heavy atom. The van der Waals surface area contributed by atoms with Crippen LogP contribution >= 0.6 is 11.6 Å². The fraction of sp³-hybridized carbons (Fsp3) is 0.314. The molecule has 10 atom stereocenters. The van der Waals surface area contributed by atoms with Gasteiger partial charge in [-0.15, -0.1) is 0 Å². The molecule has 6 aromatic rings. The maximum Gasteiger partial charge on any atom is 0.222 e. The van der Waals surface area contributed by atoms with Crippen LogP contribution in [0, 0.1) is 36.0 Å². The first-order valence-electron chi connectivity index (χ1n) is 16.8. The molecule has 0 spiro atoms. The third-order valence-corrected chi connectivity index (χ3v) is 9.96. The molecular formula is C35H32ClF5N8O8. The Balaban J connectivity index is 0.000000174. The van der Waals surface area contributed by atoms with Crippen molar-refractivity contribution in [1.29, 1.82) is 0 Å². The number of aromatic nitrogens is 6. The molecule has 6 heterocycles. The Bertz CT molecular complexity index is 2480. The third-order valence-electron chi connectivity index (χ3n) is 9.66. The van der Waals surface area contributed by atoms with Crippen molar-refractivity contribution in [2.75, 3.05) is 11.5 Å². The van der Waals surface area contributed by atoms with Crippen LogP contribution in [0.5, 0.6) is 0 Å². The van der Waals surface area contributed by atoms with Gasteiger partial charge in [0.15, 0.2) is 47.0 Å². The molecule has 0 aliphatic carbocycles. The molecule has 302 valence electrons. The van der Waals surface area contributed by atoms with Gasteiger partial charge in [0.1, 0.15) is 54.6 Å². The van der Waals surface area contributed by atoms with Crippen LogP contribution in [0.15, 0.2) is 55.0 Å². The number of hydrogen-bond donors (Lipinski definition) is 8. The third kappa shape index (κ3) is 7.21. The molecule has 2 aliphatic rings. The minimum absolute atomic E-state index is 0.0177. The highest BCUT2D eigenvalue weighted by atomic mass is 35.5. The first-order chi connectivity index (χ1) is 27.0. The van der Waals surface area contributed by atoms with E-state index in [0.29, 0.717) is 5.69 Å². The molecule has 10 N–H and O–H groups in total. The predicted molar refractivity (Wildman–Crippen MR) is 188 cm³/mol. The number of hydrogen-bond acceptors (Lipinski definition) is 14. The number of anilines is 2. The smallest absolute Gasteiger partial charge is 0.222 e. The molecular weight excluding hydrogens is 791 g/mol. The van der Waals surface area contributed by atoms with Crippen LogP contribution in [0.4, 0.5) is 33.8 Å². The Morgan fingerprint density at radius 2 is 1.19 bits per heavy atom. The van der Waals surface area contributed by atoms with Crippen LogP contribution in [0.25, 0.3) is 22.1 Å². The number of benzene rings is 2. The van der Waals surface area contributed by atoms with Crippen molar-refractivity contribution < 1.29 is 62.1 Å². The number of ether oxygens (including phenoxy) is 2. The van der Waals surface area contributed by atoms with E-state index in [1.165, 1.54) is 16.7 Å². The molecule has 2 fully saturated rings. The lowest BCUT2D eigenvalue weighted by molar-refractivity contribution is -0.0850. The number of halogens is 6. The van der Waals surface area contributed by atoms with Gasteiger partial charge in [-0.3, -0.25) is 0 Å². The number of nitrogens with two attached hydrogens (primary N) is 2. The lowest BCUT2D eigenvalue weighted by atomic mass is 9.99. The standard InChI is InChI=1S/C18H17ClF2N4O4.C17H15F3N4O4/c1-6-11-10(21)5-25(16(11)24-18(22)23-6)17-14(28)13(27)15(29-17)12(26)7-2-3-8(19)9(20)4-7;18-8-2-1-6(3-9(8)19)11(25)14-12(26)13(27)16(28-14)24-5-10(20)7-4-22-17(21)23-15(7)24/h2-5,12-15,17,26-28H,1H3,(H2,22,23,24);1-5,11-14,16,25-27H,(H2,21,22,23). The number of nitrogens with zero attached hydrogens (tertiary/aromatic N) is 6. The van der Waals surface area contributed by atoms with Gasteiger partial charge in [-0.1, -0.05) is 23.7 Å². The molecule has 10 unspecified atom stereocenters. The first kappa shape index (κ1) is 40.1. The summed E-state index contributed by atoms with van der Waals surface area (Å²) < 4.78 is 82.4. The van der Waals surface area contributed by atoms with E-state index in [-0.39, 0.29) is 50.1 Å². The average molecular weight is 823 g/mol. The molecule has 16 nitrogen and oxygen atoms in total. The van der Waals surface area contributed by atoms with Crippen molar-refractivity contribution in [2.45, 2.75) is 68.2 Å². The number of aryl methyl sites for hydroxylation is 1. The molecule has 8 rings (SSSR count). The largest absolute Gasteiger partial charge is 0.387 e. The second-order valence-corrected chi connectivity index (χ2v) is 13.7. The highest BCUT2D eigenvalue weighted by Gasteiger charge is 2.49. The summed E-state index contributed by atoms with van der Waals surface area (Å²) in [6.07, 6.45) is -11.4. The Hall–Kier alpha value is -5.10. The van der Waals surface area contributed by atoms with Gasteiger partial charge in [-0.25, -0.2) is 31.9 Å². The lowest BCUT2D eigenvalue weighted by Crippen LogP contribution is -2.34. The fourth-order valence-electron chi connectivity index (χ4n) is 6.81. The Labute approximate surface area is 321 Å². The topological polar surface area (TPSA) is 253 Å². The van der Waals surface area contributed by atoms with Crippen LogP contribution in [-0.4, -0.2) is 96.3 Å². The zero-order valence-corrected chi connectivity index (χ0v) is 29.8. The van der Waals surface area contributed by atoms with Crippen molar-refractivity contribution in [1.82, 2.24) is 29.1 Å². The second kappa shape index (κ2) is 15.3. The average Bonchev–Trinajstić information content (AvgIpc) is 3.86. The molecule has 22 heteroatoms. The molecule has 0 bridgehead atoms. The number of aliphatic hydroxyl groups is 6. The normalized spacial score (nSPS) is 25.8. The van der Waals surface area contributed by atoms with E-state index >= 15 is 0 Å². The van der Waals surface area contributed by atoms with Crippen molar-refractivity contribution >= 4 is 45.6 Å². The summed E-state index contributed by atoms with van der Waals surface area (Å²) in [5.74, 6) is -4.65. The van der Waals surface area contributed by atoms with E-state index in [1.807, 2.05) is 0 Å². The molecule has 2 aromatic carbocycles. The van der Waals surface area contributed by atoms with Gasteiger partial charge in [0, 0.05) is 18.6 Å². The highest BCUT2D eigenvalue weighted by molar-refractivity contribution is 6.30. The van der Waals surface area contributed by atoms with Gasteiger partial charge in [0.05, 0.1) is 21.5 Å². The molecule has 2 aliphatic heterocycles. The summed E-state index contributed by atoms with van der Waals surface area (Å²) >= 11 is 5.64. The molecule has 4 aromatic heterocycles. The predicted octanol–water partition coefficient (Wildman–Crippen LogP) is 2.39. The summed E-state index contributed by atoms with van der Waals surface area (Å²) in [5, 5.41) is 62.6. The minimum atomic E-state index is -1.60. The van der Waals surface area contributed by atoms with Gasteiger partial charge >= 0.3 is 0 Å². The summed E-state index contributed by atoms with van der Waals surface area (Å²) in [7, 11) is 0. The van der Waals surface area contributed by atoms with Gasteiger partial charge < -0.3 is 60.7 Å². The number of nitrogen functional groups attached to an aromatic ring is 2. The van der Waals surface area contributed by atoms with E-state index in [1.54, 1.807) is 6.92 Å². The summed E-state index contributed by atoms with van der Waals surface area (Å²) in [6.45, 7) is 1.55. The van der Waals surface area contributed by atoms with Gasteiger partial charge in [-0.05, 0) is 42.3 Å². The summed E-state index contributed by atoms with van der Waals surface area (Å²) in [5.41, 5.74) is 11.6. The van der Waals surface area contributed by atoms with Gasteiger partial charge in [0.2, 0.25) is 11.9 Å². The van der Waals surface area contributed by atoms with E-state index in [4.69, 9.17) is 32.5 Å². The second-order valence-electron chi connectivity index (χ2n) is 13.3. The van der Waals surface area contributed by atoms with Crippen molar-refractivity contribution in [3.63, 3.8) is 0 Å². The van der Waals surface area contributed by atoms with Crippen molar-refractivity contribution in [3.8, 4) is 0 Å². The minimum Gasteiger partial charge on any atom is -0.387 e. The molecule has 57 heavy (non-hydrogen) atoms. The van der Waals surface area contributed by atoms with Crippen LogP contribution < -0.4 is 11.5 Å². The van der Waals surface area contributed by atoms with E-state index in [9.17, 15) is 52.6 Å². The van der Waals surface area contributed by atoms with Crippen LogP contribution in [0.1, 0.15) is 41.5 Å². The number of rotatable bonds is 6. The SMILES string of the molecule is Cc1nc(N)nc2c1c(F)cn2C1OC(C(O)c2ccc(Cl)c(F)c2)C(O)C1O.Nc1ncc2c(F)cn(C3OC(C(O)c4ccc(F)c(F)c4)C(O)C3O)c2n1. The summed E-state index contributed by atoms with van der Waals surface area (Å²) in [6, 6.07) is 6.32. The zero-order chi connectivity index (χ0) is 41.2. The quantitative estimate of drug-likeness (QED) is 0.112. The maximum absolute atomic E-state index is 14.4. The van der Waals surface area contributed by atoms with Crippen molar-refractivity contribution in [3.05, 3.63) is 106 Å². The molecule has 0 radical (unpaired) electrons.